The molecule has 2 atom stereocenters. The first-order valence-corrected chi connectivity index (χ1v) is 10.0. The largest absolute Gasteiger partial charge is 0.508 e. The highest BCUT2D eigenvalue weighted by molar-refractivity contribution is 6.00. The van der Waals surface area contributed by atoms with E-state index in [4.69, 9.17) is 4.74 Å². The highest BCUT2D eigenvalue weighted by Gasteiger charge is 2.32. The Bertz CT molecular complexity index is 1010. The number of fused-ring (bicyclic) bond motifs is 1. The Morgan fingerprint density at radius 1 is 1.17 bits per heavy atom. The lowest BCUT2D eigenvalue weighted by Crippen LogP contribution is -2.22. The van der Waals surface area contributed by atoms with Crippen molar-refractivity contribution in [1.29, 1.82) is 0 Å². The topological polar surface area (TPSA) is 87.0 Å². The Balaban J connectivity index is 2.00. The monoisotopic (exact) mass is 408 g/mol. The molecular formula is C25H28O5. The SMILES string of the molecule is C=C(C)[C@H](CC=C(C)C)Cc1c(O)ccc2c1O[C@@H](c1ccc(O)cc1O)CC2=O. The number of hydrogen-bond donors (Lipinski definition) is 3. The molecule has 0 aliphatic carbocycles. The molecule has 0 unspecified atom stereocenters. The van der Waals surface area contributed by atoms with Gasteiger partial charge in [-0.05, 0) is 63.8 Å². The Kier molecular flexibility index (Phi) is 6.20. The van der Waals surface area contributed by atoms with Crippen molar-refractivity contribution in [3.8, 4) is 23.0 Å². The molecule has 1 heterocycles. The number of benzene rings is 2. The van der Waals surface area contributed by atoms with Crippen LogP contribution in [0.1, 0.15) is 61.2 Å². The number of ether oxygens (including phenoxy) is 1. The van der Waals surface area contributed by atoms with Gasteiger partial charge in [0.15, 0.2) is 5.78 Å². The van der Waals surface area contributed by atoms with Gasteiger partial charge in [-0.3, -0.25) is 4.79 Å². The second-order valence-corrected chi connectivity index (χ2v) is 8.18. The highest BCUT2D eigenvalue weighted by Crippen LogP contribution is 2.44. The number of carbonyl (C=O) groups excluding carboxylic acids is 1. The van der Waals surface area contributed by atoms with E-state index < -0.39 is 6.10 Å². The molecule has 30 heavy (non-hydrogen) atoms. The van der Waals surface area contributed by atoms with Crippen LogP contribution in [-0.2, 0) is 6.42 Å². The fourth-order valence-corrected chi connectivity index (χ4v) is 3.69. The van der Waals surface area contributed by atoms with Gasteiger partial charge in [-0.2, -0.15) is 0 Å². The molecule has 5 nitrogen and oxygen atoms in total. The van der Waals surface area contributed by atoms with E-state index >= 15 is 0 Å². The molecule has 5 heteroatoms. The van der Waals surface area contributed by atoms with Crippen molar-refractivity contribution < 1.29 is 24.9 Å². The molecule has 3 N–H and O–H groups in total. The number of rotatable bonds is 6. The van der Waals surface area contributed by atoms with Crippen LogP contribution in [0.15, 0.2) is 54.1 Å². The minimum atomic E-state index is -0.702. The number of hydrogen-bond acceptors (Lipinski definition) is 5. The maximum absolute atomic E-state index is 12.8. The van der Waals surface area contributed by atoms with E-state index in [1.54, 1.807) is 12.1 Å². The minimum absolute atomic E-state index is 0.0667. The summed E-state index contributed by atoms with van der Waals surface area (Å²) in [5.41, 5.74) is 3.61. The average Bonchev–Trinajstić information content (AvgIpc) is 2.66. The molecule has 158 valence electrons. The summed E-state index contributed by atoms with van der Waals surface area (Å²) in [6.07, 6.45) is 2.76. The highest BCUT2D eigenvalue weighted by atomic mass is 16.5. The summed E-state index contributed by atoms with van der Waals surface area (Å²) in [7, 11) is 0. The number of phenolic OH excluding ortho intramolecular Hbond substituents is 3. The maximum Gasteiger partial charge on any atom is 0.170 e. The first-order chi connectivity index (χ1) is 14.2. The molecule has 1 aliphatic rings. The number of ketones is 1. The molecule has 3 rings (SSSR count). The van der Waals surface area contributed by atoms with Gasteiger partial charge in [0.2, 0.25) is 0 Å². The van der Waals surface area contributed by atoms with Crippen LogP contribution in [-0.4, -0.2) is 21.1 Å². The van der Waals surface area contributed by atoms with Crippen molar-refractivity contribution in [3.63, 3.8) is 0 Å². The molecule has 0 amide bonds. The zero-order valence-corrected chi connectivity index (χ0v) is 17.6. The van der Waals surface area contributed by atoms with E-state index in [1.165, 1.54) is 23.8 Å². The average molecular weight is 408 g/mol. The van der Waals surface area contributed by atoms with Gasteiger partial charge in [-0.1, -0.05) is 23.8 Å². The molecular weight excluding hydrogens is 380 g/mol. The van der Waals surface area contributed by atoms with Crippen molar-refractivity contribution in [3.05, 3.63) is 70.8 Å². The van der Waals surface area contributed by atoms with Crippen molar-refractivity contribution in [1.82, 2.24) is 0 Å². The third kappa shape index (κ3) is 4.51. The van der Waals surface area contributed by atoms with Crippen LogP contribution < -0.4 is 4.74 Å². The standard InChI is InChI=1S/C25H28O5/c1-14(2)5-6-16(15(3)4)11-20-21(27)10-9-19-23(29)13-24(30-25(19)20)18-8-7-17(26)12-22(18)28/h5,7-10,12,16,24,26-28H,3,6,11,13H2,1-2,4H3/t16-,24-/m1/s1. The summed E-state index contributed by atoms with van der Waals surface area (Å²) < 4.78 is 6.16. The molecule has 0 saturated carbocycles. The zero-order chi connectivity index (χ0) is 22.0. The van der Waals surface area contributed by atoms with E-state index in [0.717, 1.165) is 12.0 Å². The summed E-state index contributed by atoms with van der Waals surface area (Å²) in [4.78, 5) is 12.8. The van der Waals surface area contributed by atoms with Crippen LogP contribution >= 0.6 is 0 Å². The number of Topliss-reactive ketones (excluding diaryl/α,β-unsaturated/α-hetero) is 1. The van der Waals surface area contributed by atoms with Gasteiger partial charge in [0.1, 0.15) is 29.1 Å². The molecule has 1 aliphatic heterocycles. The van der Waals surface area contributed by atoms with Crippen LogP contribution in [0, 0.1) is 5.92 Å². The smallest absolute Gasteiger partial charge is 0.170 e. The minimum Gasteiger partial charge on any atom is -0.508 e. The fourth-order valence-electron chi connectivity index (χ4n) is 3.69. The molecule has 2 aromatic carbocycles. The van der Waals surface area contributed by atoms with Gasteiger partial charge in [0, 0.05) is 17.2 Å². The second-order valence-electron chi connectivity index (χ2n) is 8.18. The van der Waals surface area contributed by atoms with E-state index in [2.05, 4.69) is 12.7 Å². The lowest BCUT2D eigenvalue weighted by Gasteiger charge is -2.29. The quantitative estimate of drug-likeness (QED) is 0.542. The molecule has 0 saturated heterocycles. The Morgan fingerprint density at radius 2 is 1.90 bits per heavy atom. The van der Waals surface area contributed by atoms with Gasteiger partial charge < -0.3 is 20.1 Å². The Labute approximate surface area is 177 Å². The van der Waals surface area contributed by atoms with Crippen LogP contribution in [0.2, 0.25) is 0 Å². The number of phenols is 3. The predicted molar refractivity (Wildman–Crippen MR) is 116 cm³/mol. The summed E-state index contributed by atoms with van der Waals surface area (Å²) in [5.74, 6) is 0.180. The van der Waals surface area contributed by atoms with Gasteiger partial charge in [-0.15, -0.1) is 0 Å². The molecule has 0 bridgehead atoms. The summed E-state index contributed by atoms with van der Waals surface area (Å²) >= 11 is 0. The number of carbonyl (C=O) groups is 1. The predicted octanol–water partition coefficient (Wildman–Crippen LogP) is 5.60. The molecule has 0 spiro atoms. The molecule has 0 radical (unpaired) electrons. The third-order valence-electron chi connectivity index (χ3n) is 5.49. The van der Waals surface area contributed by atoms with Crippen LogP contribution in [0.25, 0.3) is 0 Å². The summed E-state index contributed by atoms with van der Waals surface area (Å²) in [6, 6.07) is 7.32. The molecule has 2 aromatic rings. The van der Waals surface area contributed by atoms with Gasteiger partial charge in [-0.25, -0.2) is 0 Å². The van der Waals surface area contributed by atoms with Gasteiger partial charge in [0.25, 0.3) is 0 Å². The summed E-state index contributed by atoms with van der Waals surface area (Å²) in [5, 5.41) is 30.4. The number of aromatic hydroxyl groups is 3. The molecule has 0 fully saturated rings. The lowest BCUT2D eigenvalue weighted by molar-refractivity contribution is 0.0844. The molecule has 0 aromatic heterocycles. The van der Waals surface area contributed by atoms with Crippen LogP contribution in [0.4, 0.5) is 0 Å². The van der Waals surface area contributed by atoms with Crippen molar-refractivity contribution in [2.45, 2.75) is 46.1 Å². The summed E-state index contributed by atoms with van der Waals surface area (Å²) in [6.45, 7) is 10.1. The van der Waals surface area contributed by atoms with Crippen molar-refractivity contribution >= 4 is 5.78 Å². The normalized spacial score (nSPS) is 16.4. The Morgan fingerprint density at radius 3 is 2.53 bits per heavy atom. The van der Waals surface area contributed by atoms with E-state index in [0.29, 0.717) is 28.9 Å². The van der Waals surface area contributed by atoms with E-state index in [-0.39, 0.29) is 35.4 Å². The fraction of sp³-hybridized carbons (Fsp3) is 0.320. The van der Waals surface area contributed by atoms with Gasteiger partial charge in [0.05, 0.1) is 12.0 Å². The Hall–Kier alpha value is -3.21. The van der Waals surface area contributed by atoms with E-state index in [1.807, 2.05) is 20.8 Å². The van der Waals surface area contributed by atoms with Crippen molar-refractivity contribution in [2.24, 2.45) is 5.92 Å². The first-order valence-electron chi connectivity index (χ1n) is 10.0. The maximum atomic E-state index is 12.8. The first kappa shape index (κ1) is 21.5. The van der Waals surface area contributed by atoms with Crippen LogP contribution in [0.5, 0.6) is 23.0 Å². The lowest BCUT2D eigenvalue weighted by atomic mass is 9.86. The number of allylic oxidation sites excluding steroid dienone is 3. The van der Waals surface area contributed by atoms with E-state index in [9.17, 15) is 20.1 Å². The third-order valence-corrected chi connectivity index (χ3v) is 5.49. The second kappa shape index (κ2) is 8.66. The zero-order valence-electron chi connectivity index (χ0n) is 17.6. The van der Waals surface area contributed by atoms with Crippen LogP contribution in [0.3, 0.4) is 0 Å². The van der Waals surface area contributed by atoms with Gasteiger partial charge >= 0.3 is 0 Å². The van der Waals surface area contributed by atoms with Crippen molar-refractivity contribution in [2.75, 3.05) is 0 Å².